The van der Waals surface area contributed by atoms with Crippen LogP contribution in [-0.4, -0.2) is 53.6 Å². The van der Waals surface area contributed by atoms with Crippen LogP contribution in [0.3, 0.4) is 0 Å². The van der Waals surface area contributed by atoms with E-state index < -0.39 is 27.2 Å². The Labute approximate surface area is 183 Å². The fourth-order valence-electron chi connectivity index (χ4n) is 3.86. The lowest BCUT2D eigenvalue weighted by Gasteiger charge is -2.33. The second-order valence-corrected chi connectivity index (χ2v) is 10.0. The first-order chi connectivity index (χ1) is 14.7. The Kier molecular flexibility index (Phi) is 8.87. The number of nitrogens with two attached hydrogens (primary N) is 1. The van der Waals surface area contributed by atoms with E-state index in [2.05, 4.69) is 4.98 Å². The van der Waals surface area contributed by atoms with Crippen LogP contribution < -0.4 is 21.9 Å². The SMILES string of the molecule is CCCCn1c(N)c(N(CC)C(=O)C2CCN(S(=O)(=O)CCCC)CC2)c(=O)[nH]c1=O. The van der Waals surface area contributed by atoms with Crippen LogP contribution in [-0.2, 0) is 21.4 Å². The summed E-state index contributed by atoms with van der Waals surface area (Å²) in [5.41, 5.74) is 4.87. The van der Waals surface area contributed by atoms with E-state index >= 15 is 0 Å². The molecule has 2 heterocycles. The number of amides is 1. The predicted molar refractivity (Wildman–Crippen MR) is 122 cm³/mol. The van der Waals surface area contributed by atoms with Gasteiger partial charge in [0.2, 0.25) is 15.9 Å². The zero-order valence-electron chi connectivity index (χ0n) is 18.7. The third kappa shape index (κ3) is 5.76. The highest BCUT2D eigenvalue weighted by atomic mass is 32.2. The van der Waals surface area contributed by atoms with E-state index in [-0.39, 0.29) is 42.8 Å². The Hall–Kier alpha value is -2.14. The summed E-state index contributed by atoms with van der Waals surface area (Å²) in [6.45, 7) is 6.78. The van der Waals surface area contributed by atoms with E-state index in [0.29, 0.717) is 32.2 Å². The number of unbranched alkanes of at least 4 members (excludes halogenated alkanes) is 2. The summed E-state index contributed by atoms with van der Waals surface area (Å²) in [5.74, 6) is -0.579. The number of rotatable bonds is 10. The number of hydrogen-bond acceptors (Lipinski definition) is 6. The van der Waals surface area contributed by atoms with Gasteiger partial charge in [0, 0.05) is 32.1 Å². The Morgan fingerprint density at radius 2 is 1.74 bits per heavy atom. The van der Waals surface area contributed by atoms with Crippen molar-refractivity contribution in [3.05, 3.63) is 20.8 Å². The van der Waals surface area contributed by atoms with Crippen molar-refractivity contribution >= 4 is 27.4 Å². The summed E-state index contributed by atoms with van der Waals surface area (Å²) in [4.78, 5) is 41.5. The van der Waals surface area contributed by atoms with Crippen LogP contribution >= 0.6 is 0 Å². The number of aromatic nitrogens is 2. The average Bonchev–Trinajstić information content (AvgIpc) is 2.74. The number of anilines is 2. The number of aromatic amines is 1. The molecule has 1 amide bonds. The molecular formula is C20H35N5O5S. The number of H-pyrrole nitrogens is 1. The summed E-state index contributed by atoms with van der Waals surface area (Å²) in [6.07, 6.45) is 3.73. The summed E-state index contributed by atoms with van der Waals surface area (Å²) in [6, 6.07) is 0. The summed E-state index contributed by atoms with van der Waals surface area (Å²) in [7, 11) is -3.31. The summed E-state index contributed by atoms with van der Waals surface area (Å²) >= 11 is 0. The van der Waals surface area contributed by atoms with Gasteiger partial charge in [-0.05, 0) is 32.6 Å². The smallest absolute Gasteiger partial charge is 0.330 e. The van der Waals surface area contributed by atoms with E-state index in [9.17, 15) is 22.8 Å². The van der Waals surface area contributed by atoms with Gasteiger partial charge in [-0.3, -0.25) is 19.1 Å². The molecule has 1 fully saturated rings. The topological polar surface area (TPSA) is 139 Å². The van der Waals surface area contributed by atoms with Crippen molar-refractivity contribution in [1.29, 1.82) is 0 Å². The van der Waals surface area contributed by atoms with Gasteiger partial charge in [0.15, 0.2) is 5.69 Å². The molecule has 0 bridgehead atoms. The first-order valence-electron chi connectivity index (χ1n) is 11.1. The van der Waals surface area contributed by atoms with E-state index in [4.69, 9.17) is 5.73 Å². The summed E-state index contributed by atoms with van der Waals surface area (Å²) in [5, 5.41) is 0. The first-order valence-corrected chi connectivity index (χ1v) is 12.7. The number of carbonyl (C=O) groups is 1. The van der Waals surface area contributed by atoms with Crippen LogP contribution in [0, 0.1) is 5.92 Å². The molecule has 1 saturated heterocycles. The zero-order valence-corrected chi connectivity index (χ0v) is 19.5. The third-order valence-corrected chi connectivity index (χ3v) is 7.71. The summed E-state index contributed by atoms with van der Waals surface area (Å²) < 4.78 is 27.6. The van der Waals surface area contributed by atoms with Crippen LogP contribution in [0.15, 0.2) is 9.59 Å². The van der Waals surface area contributed by atoms with Crippen LogP contribution in [0.5, 0.6) is 0 Å². The number of hydrogen-bond donors (Lipinski definition) is 2. The molecule has 0 saturated carbocycles. The lowest BCUT2D eigenvalue weighted by atomic mass is 9.96. The van der Waals surface area contributed by atoms with Crippen molar-refractivity contribution in [3.8, 4) is 0 Å². The maximum Gasteiger partial charge on any atom is 0.330 e. The van der Waals surface area contributed by atoms with E-state index in [1.807, 2.05) is 13.8 Å². The zero-order chi connectivity index (χ0) is 23.2. The lowest BCUT2D eigenvalue weighted by molar-refractivity contribution is -0.123. The van der Waals surface area contributed by atoms with Gasteiger partial charge >= 0.3 is 5.69 Å². The van der Waals surface area contributed by atoms with E-state index in [0.717, 1.165) is 12.8 Å². The Balaban J connectivity index is 2.22. The van der Waals surface area contributed by atoms with Gasteiger partial charge in [0.1, 0.15) is 5.82 Å². The highest BCUT2D eigenvalue weighted by molar-refractivity contribution is 7.89. The van der Waals surface area contributed by atoms with Gasteiger partial charge in [-0.2, -0.15) is 0 Å². The van der Waals surface area contributed by atoms with Crippen LogP contribution in [0.25, 0.3) is 0 Å². The molecule has 0 spiro atoms. The first kappa shape index (κ1) is 25.1. The van der Waals surface area contributed by atoms with Crippen LogP contribution in [0.1, 0.15) is 59.3 Å². The molecule has 1 aliphatic rings. The van der Waals surface area contributed by atoms with Crippen molar-refractivity contribution < 1.29 is 13.2 Å². The van der Waals surface area contributed by atoms with Crippen LogP contribution in [0.4, 0.5) is 11.5 Å². The molecule has 176 valence electrons. The Morgan fingerprint density at radius 3 is 2.29 bits per heavy atom. The molecule has 11 heteroatoms. The Morgan fingerprint density at radius 1 is 1.13 bits per heavy atom. The number of nitrogens with one attached hydrogen (secondary N) is 1. The van der Waals surface area contributed by atoms with Gasteiger partial charge in [-0.25, -0.2) is 17.5 Å². The van der Waals surface area contributed by atoms with Gasteiger partial charge in [0.05, 0.1) is 5.75 Å². The molecule has 10 nitrogen and oxygen atoms in total. The largest absolute Gasteiger partial charge is 0.383 e. The minimum atomic E-state index is -3.31. The average molecular weight is 458 g/mol. The van der Waals surface area contributed by atoms with Crippen molar-refractivity contribution in [2.45, 2.75) is 65.8 Å². The van der Waals surface area contributed by atoms with Gasteiger partial charge in [0.25, 0.3) is 5.56 Å². The maximum atomic E-state index is 13.2. The predicted octanol–water partition coefficient (Wildman–Crippen LogP) is 1.11. The van der Waals surface area contributed by atoms with E-state index in [1.165, 1.54) is 13.8 Å². The molecule has 2 rings (SSSR count). The minimum Gasteiger partial charge on any atom is -0.383 e. The fourth-order valence-corrected chi connectivity index (χ4v) is 5.54. The highest BCUT2D eigenvalue weighted by Gasteiger charge is 2.34. The van der Waals surface area contributed by atoms with Gasteiger partial charge in [-0.15, -0.1) is 0 Å². The number of sulfonamides is 1. The highest BCUT2D eigenvalue weighted by Crippen LogP contribution is 2.26. The second-order valence-electron chi connectivity index (χ2n) is 7.92. The maximum absolute atomic E-state index is 13.2. The lowest BCUT2D eigenvalue weighted by Crippen LogP contribution is -2.47. The Bertz CT molecular complexity index is 977. The fraction of sp³-hybridized carbons (Fsp3) is 0.750. The molecule has 0 radical (unpaired) electrons. The monoisotopic (exact) mass is 457 g/mol. The molecule has 0 atom stereocenters. The van der Waals surface area contributed by atoms with Gasteiger partial charge < -0.3 is 10.6 Å². The third-order valence-electron chi connectivity index (χ3n) is 5.75. The molecule has 31 heavy (non-hydrogen) atoms. The molecule has 1 aliphatic heterocycles. The molecule has 1 aromatic heterocycles. The van der Waals surface area contributed by atoms with E-state index in [1.54, 1.807) is 6.92 Å². The molecule has 0 aromatic carbocycles. The van der Waals surface area contributed by atoms with Crippen LogP contribution in [0.2, 0.25) is 0 Å². The molecule has 0 aliphatic carbocycles. The minimum absolute atomic E-state index is 0.0128. The van der Waals surface area contributed by atoms with Crippen molar-refractivity contribution in [2.75, 3.05) is 36.0 Å². The molecular weight excluding hydrogens is 422 g/mol. The second kappa shape index (κ2) is 10.9. The normalized spacial score (nSPS) is 15.8. The number of nitrogen functional groups attached to an aromatic ring is 1. The van der Waals surface area contributed by atoms with Crippen molar-refractivity contribution in [3.63, 3.8) is 0 Å². The van der Waals surface area contributed by atoms with Crippen molar-refractivity contribution in [2.24, 2.45) is 5.92 Å². The molecule has 0 unspecified atom stereocenters. The number of carbonyl (C=O) groups excluding carboxylic acids is 1. The number of piperidine rings is 1. The molecule has 3 N–H and O–H groups in total. The molecule has 1 aromatic rings. The van der Waals surface area contributed by atoms with Gasteiger partial charge in [-0.1, -0.05) is 26.7 Å². The standard InChI is InChI=1S/C20H35N5O5S/c1-4-7-11-25-17(21)16(18(26)22-20(25)28)24(6-3)19(27)15-9-12-23(13-10-15)31(29,30)14-8-5-2/h15H,4-14,21H2,1-3H3,(H,22,26,28). The quantitative estimate of drug-likeness (QED) is 0.540. The number of nitrogens with zero attached hydrogens (tertiary/aromatic N) is 3. The van der Waals surface area contributed by atoms with Crippen molar-refractivity contribution in [1.82, 2.24) is 13.9 Å².